The molecule has 9 heteroatoms. The van der Waals surface area contributed by atoms with Crippen molar-refractivity contribution in [3.05, 3.63) is 52.0 Å². The third kappa shape index (κ3) is 4.40. The number of hydrogen-bond acceptors (Lipinski definition) is 6. The van der Waals surface area contributed by atoms with Gasteiger partial charge < -0.3 is 4.55 Å². The van der Waals surface area contributed by atoms with E-state index in [4.69, 9.17) is 23.2 Å². The molecule has 4 N–H and O–H groups in total. The number of thiazole rings is 1. The molecule has 0 saturated carbocycles. The van der Waals surface area contributed by atoms with Crippen LogP contribution in [0.15, 0.2) is 35.2 Å². The van der Waals surface area contributed by atoms with Crippen molar-refractivity contribution in [2.75, 3.05) is 11.6 Å². The quantitative estimate of drug-likeness (QED) is 0.371. The normalized spacial score (nSPS) is 11.2. The van der Waals surface area contributed by atoms with Crippen molar-refractivity contribution in [3.8, 4) is 0 Å². The van der Waals surface area contributed by atoms with E-state index in [9.17, 15) is 13.0 Å². The number of rotatable bonds is 1. The third-order valence-corrected chi connectivity index (χ3v) is 5.82. The van der Waals surface area contributed by atoms with Gasteiger partial charge in [0.25, 0.3) is 0 Å². The fraction of sp³-hybridized carbons (Fsp3) is 0.188. The molecular weight excluding hydrogens is 382 g/mol. The lowest BCUT2D eigenvalue weighted by Crippen LogP contribution is -2.45. The van der Waals surface area contributed by atoms with Crippen LogP contribution in [0.2, 0.25) is 5.02 Å². The van der Waals surface area contributed by atoms with Gasteiger partial charge in [-0.2, -0.15) is 0 Å². The number of fused-ring (bicyclic) bond motifs is 1. The molecule has 0 radical (unpaired) electrons. The van der Waals surface area contributed by atoms with E-state index < -0.39 is 10.1 Å². The monoisotopic (exact) mass is 399 g/mol. The lowest BCUT2D eigenvalue weighted by Gasteiger charge is -2.14. The van der Waals surface area contributed by atoms with Gasteiger partial charge in [0, 0.05) is 5.02 Å². The van der Waals surface area contributed by atoms with Gasteiger partial charge in [-0.05, 0) is 61.4 Å². The van der Waals surface area contributed by atoms with Crippen LogP contribution in [0.4, 0.5) is 5.13 Å². The summed E-state index contributed by atoms with van der Waals surface area (Å²) in [5.74, 6) is 5.65. The first-order valence-electron chi connectivity index (χ1n) is 7.19. The molecule has 3 rings (SSSR count). The minimum atomic E-state index is -4.33. The molecule has 0 aliphatic heterocycles. The van der Waals surface area contributed by atoms with Crippen molar-refractivity contribution >= 4 is 48.4 Å². The van der Waals surface area contributed by atoms with Crippen molar-refractivity contribution in [1.82, 2.24) is 0 Å². The summed E-state index contributed by atoms with van der Waals surface area (Å²) >= 11 is 7.22. The van der Waals surface area contributed by atoms with Gasteiger partial charge in [-0.15, -0.1) is 4.68 Å². The second-order valence-corrected chi connectivity index (χ2v) is 8.42. The number of halogens is 1. The summed E-state index contributed by atoms with van der Waals surface area (Å²) in [6, 6.07) is 8.88. The van der Waals surface area contributed by atoms with Crippen molar-refractivity contribution in [2.45, 2.75) is 25.7 Å². The van der Waals surface area contributed by atoms with Crippen LogP contribution in [0.25, 0.3) is 10.2 Å². The Bertz CT molecular complexity index is 1020. The van der Waals surface area contributed by atoms with Crippen LogP contribution in [-0.2, 0) is 10.1 Å². The topological polar surface area (TPSA) is 113 Å². The number of nitrogens with zero attached hydrogens (tertiary/aromatic N) is 1. The predicted octanol–water partition coefficient (Wildman–Crippen LogP) is 2.65. The van der Waals surface area contributed by atoms with Gasteiger partial charge in [0.05, 0.1) is 9.60 Å². The van der Waals surface area contributed by atoms with Gasteiger partial charge in [0.15, 0.2) is 5.52 Å². The second kappa shape index (κ2) is 7.17. The fourth-order valence-electron chi connectivity index (χ4n) is 2.61. The van der Waals surface area contributed by atoms with E-state index in [1.807, 2.05) is 19.1 Å². The van der Waals surface area contributed by atoms with Gasteiger partial charge in [-0.1, -0.05) is 29.3 Å². The molecule has 0 aliphatic rings. The molecule has 0 spiro atoms. The van der Waals surface area contributed by atoms with Crippen LogP contribution >= 0.6 is 22.9 Å². The van der Waals surface area contributed by atoms with Crippen LogP contribution in [0.5, 0.6) is 0 Å². The van der Waals surface area contributed by atoms with Crippen LogP contribution in [0, 0.1) is 20.8 Å². The molecule has 0 saturated heterocycles. The summed E-state index contributed by atoms with van der Waals surface area (Å²) in [6.45, 7) is 5.12. The van der Waals surface area contributed by atoms with Crippen LogP contribution in [0.1, 0.15) is 16.7 Å². The molecule has 25 heavy (non-hydrogen) atoms. The summed E-state index contributed by atoms with van der Waals surface area (Å²) in [6.07, 6.45) is 0. The van der Waals surface area contributed by atoms with Gasteiger partial charge >= 0.3 is 5.13 Å². The molecule has 0 unspecified atom stereocenters. The first-order chi connectivity index (χ1) is 11.5. The van der Waals surface area contributed by atoms with Crippen LogP contribution in [-0.4, -0.2) is 13.0 Å². The van der Waals surface area contributed by atoms with E-state index in [-0.39, 0.29) is 4.90 Å². The number of nitrogen functional groups attached to an aromatic ring is 2. The van der Waals surface area contributed by atoms with Crippen LogP contribution in [0.3, 0.4) is 0 Å². The van der Waals surface area contributed by atoms with Gasteiger partial charge in [-0.25, -0.2) is 8.42 Å². The summed E-state index contributed by atoms with van der Waals surface area (Å²) in [7, 11) is -4.33. The molecule has 3 aromatic rings. The highest BCUT2D eigenvalue weighted by molar-refractivity contribution is 7.85. The van der Waals surface area contributed by atoms with E-state index >= 15 is 0 Å². The fourth-order valence-corrected chi connectivity index (χ4v) is 4.63. The minimum Gasteiger partial charge on any atom is -0.744 e. The number of benzene rings is 2. The van der Waals surface area contributed by atoms with Crippen LogP contribution < -0.4 is 16.3 Å². The molecule has 2 aromatic carbocycles. The number of nitrogens with two attached hydrogens (primary N) is 2. The van der Waals surface area contributed by atoms with E-state index in [0.29, 0.717) is 21.3 Å². The van der Waals surface area contributed by atoms with Crippen molar-refractivity contribution < 1.29 is 17.6 Å². The highest BCUT2D eigenvalue weighted by atomic mass is 35.5. The maximum absolute atomic E-state index is 10.8. The average molecular weight is 400 g/mol. The maximum atomic E-state index is 10.8. The first kappa shape index (κ1) is 19.5. The van der Waals surface area contributed by atoms with Gasteiger partial charge in [0.1, 0.15) is 10.1 Å². The lowest BCUT2D eigenvalue weighted by molar-refractivity contribution is -0.591. The molecule has 0 amide bonds. The maximum Gasteiger partial charge on any atom is 0.356 e. The Morgan fingerprint density at radius 1 is 1.12 bits per heavy atom. The second-order valence-electron chi connectivity index (χ2n) is 5.60. The van der Waals surface area contributed by atoms with Crippen molar-refractivity contribution in [2.24, 2.45) is 0 Å². The Labute approximate surface area is 155 Å². The Morgan fingerprint density at radius 3 is 2.20 bits per heavy atom. The van der Waals surface area contributed by atoms with E-state index in [2.05, 4.69) is 0 Å². The molecule has 6 nitrogen and oxygen atoms in total. The lowest BCUT2D eigenvalue weighted by atomic mass is 10.1. The molecule has 1 heterocycles. The molecule has 0 atom stereocenters. The van der Waals surface area contributed by atoms with Crippen molar-refractivity contribution in [3.63, 3.8) is 0 Å². The summed E-state index contributed by atoms with van der Waals surface area (Å²) in [5, 5.41) is 1.27. The molecular formula is C16H18ClN3O3S2. The summed E-state index contributed by atoms with van der Waals surface area (Å²) in [5.41, 5.74) is 8.52. The number of aromatic nitrogens is 1. The summed E-state index contributed by atoms with van der Waals surface area (Å²) in [4.78, 5) is -0.0851. The molecule has 0 fully saturated rings. The zero-order valence-corrected chi connectivity index (χ0v) is 16.3. The highest BCUT2D eigenvalue weighted by Crippen LogP contribution is 2.24. The zero-order chi connectivity index (χ0) is 18.9. The molecule has 1 aromatic heterocycles. The minimum absolute atomic E-state index is 0.0851. The van der Waals surface area contributed by atoms with E-state index in [1.54, 1.807) is 32.0 Å². The highest BCUT2D eigenvalue weighted by Gasteiger charge is 2.11. The largest absolute Gasteiger partial charge is 0.744 e. The van der Waals surface area contributed by atoms with Gasteiger partial charge in [0.2, 0.25) is 0 Å². The number of hydrogen-bond donors (Lipinski definition) is 2. The SMILES string of the molecule is Cc1cc(C)c(S(=O)(=O)[O-])c(C)c1.Nc1sc2cc(Cl)ccc2[n+]1N. The standard InChI is InChI=1S/C9H12O3S.C7H6ClN3S/c1-6-4-7(2)9(8(3)5-6)13(10,11)12;8-4-1-2-5-6(3-4)12-7(9)11(5)10/h4-5H,1-3H3,(H,10,11,12);1-3,9H,10H2. The molecule has 0 aliphatic carbocycles. The molecule has 0 bridgehead atoms. The molecule has 134 valence electrons. The Morgan fingerprint density at radius 2 is 1.68 bits per heavy atom. The Hall–Kier alpha value is -1.87. The van der Waals surface area contributed by atoms with E-state index in [0.717, 1.165) is 15.8 Å². The average Bonchev–Trinajstić information content (AvgIpc) is 2.71. The smallest absolute Gasteiger partial charge is 0.356 e. The zero-order valence-electron chi connectivity index (χ0n) is 13.9. The first-order valence-corrected chi connectivity index (χ1v) is 9.79. The number of aryl methyl sites for hydroxylation is 3. The predicted molar refractivity (Wildman–Crippen MR) is 100 cm³/mol. The third-order valence-electron chi connectivity index (χ3n) is 3.49. The summed E-state index contributed by atoms with van der Waals surface area (Å²) < 4.78 is 34.9. The van der Waals surface area contributed by atoms with Crippen molar-refractivity contribution in [1.29, 1.82) is 0 Å². The Kier molecular flexibility index (Phi) is 5.58. The Balaban J connectivity index is 0.000000181. The van der Waals surface area contributed by atoms with Gasteiger partial charge in [-0.3, -0.25) is 11.6 Å². The number of anilines is 1. The van der Waals surface area contributed by atoms with E-state index in [1.165, 1.54) is 16.0 Å².